The molecule has 0 bridgehead atoms. The van der Waals surface area contributed by atoms with Crippen LogP contribution in [0, 0.1) is 0 Å². The molecule has 0 saturated heterocycles. The first kappa shape index (κ1) is 6.95. The molecular formula is C6H9NO. The van der Waals surface area contributed by atoms with E-state index in [0.29, 0.717) is 5.90 Å². The van der Waals surface area contributed by atoms with Crippen molar-refractivity contribution in [3.05, 3.63) is 25.6 Å². The molecule has 0 spiro atoms. The first-order valence-electron chi connectivity index (χ1n) is 2.24. The molecule has 0 unspecified atom stereocenters. The lowest BCUT2D eigenvalue weighted by molar-refractivity contribution is 0.470. The minimum Gasteiger partial charge on any atom is -0.452 e. The Morgan fingerprint density at radius 3 is 2.62 bits per heavy atom. The first-order chi connectivity index (χ1) is 3.81. The van der Waals surface area contributed by atoms with Gasteiger partial charge in [0, 0.05) is 13.1 Å². The number of rotatable bonds is 2. The average molecular weight is 111 g/mol. The van der Waals surface area contributed by atoms with Gasteiger partial charge in [-0.05, 0) is 0 Å². The van der Waals surface area contributed by atoms with Crippen molar-refractivity contribution in [3.63, 3.8) is 0 Å². The van der Waals surface area contributed by atoms with Gasteiger partial charge in [-0.15, -0.1) is 0 Å². The lowest BCUT2D eigenvalue weighted by Crippen LogP contribution is -1.89. The summed E-state index contributed by atoms with van der Waals surface area (Å²) in [5.74, 6) is 0.551. The number of hydrogen-bond donors (Lipinski definition) is 0. The Bertz CT molecular complexity index is 116. The van der Waals surface area contributed by atoms with Crippen molar-refractivity contribution in [1.29, 1.82) is 0 Å². The smallest absolute Gasteiger partial charge is 0.190 e. The molecule has 0 N–H and O–H groups in total. The topological polar surface area (TPSA) is 21.6 Å². The van der Waals surface area contributed by atoms with E-state index in [4.69, 9.17) is 4.74 Å². The van der Waals surface area contributed by atoms with Crippen LogP contribution in [0.5, 0.6) is 0 Å². The Hall–Kier alpha value is -1.05. The zero-order valence-corrected chi connectivity index (χ0v) is 4.92. The number of ether oxygens (including phenoxy) is 1. The molecule has 2 heteroatoms. The van der Waals surface area contributed by atoms with Crippen molar-refractivity contribution in [2.75, 3.05) is 0 Å². The maximum Gasteiger partial charge on any atom is 0.190 e. The molecule has 0 aliphatic rings. The van der Waals surface area contributed by atoms with E-state index in [1.165, 1.54) is 12.5 Å². The predicted molar refractivity (Wildman–Crippen MR) is 34.6 cm³/mol. The van der Waals surface area contributed by atoms with Gasteiger partial charge in [-0.3, -0.25) is 0 Å². The Balaban J connectivity index is 3.60. The molecule has 2 nitrogen and oxygen atoms in total. The van der Waals surface area contributed by atoms with Crippen LogP contribution in [0.1, 0.15) is 6.92 Å². The van der Waals surface area contributed by atoms with Gasteiger partial charge in [0.05, 0.1) is 6.26 Å². The SMILES string of the molecule is C=CN=C(C)OC=C. The summed E-state index contributed by atoms with van der Waals surface area (Å²) in [6.45, 7) is 8.45. The molecular weight excluding hydrogens is 102 g/mol. The quantitative estimate of drug-likeness (QED) is 0.302. The highest BCUT2D eigenvalue weighted by molar-refractivity contribution is 5.74. The second-order valence-corrected chi connectivity index (χ2v) is 1.12. The van der Waals surface area contributed by atoms with Gasteiger partial charge in [-0.2, -0.15) is 0 Å². The fraction of sp³-hybridized carbons (Fsp3) is 0.167. The summed E-state index contributed by atoms with van der Waals surface area (Å²) in [5, 5.41) is 0. The van der Waals surface area contributed by atoms with E-state index in [-0.39, 0.29) is 0 Å². The highest BCUT2D eigenvalue weighted by Gasteiger charge is 1.79. The van der Waals surface area contributed by atoms with Crippen LogP contribution in [-0.4, -0.2) is 5.90 Å². The third-order valence-electron chi connectivity index (χ3n) is 0.527. The maximum absolute atomic E-state index is 4.72. The van der Waals surface area contributed by atoms with E-state index in [9.17, 15) is 0 Å². The molecule has 0 heterocycles. The van der Waals surface area contributed by atoms with Crippen LogP contribution in [0.2, 0.25) is 0 Å². The molecule has 8 heavy (non-hydrogen) atoms. The van der Waals surface area contributed by atoms with E-state index in [1.54, 1.807) is 6.92 Å². The summed E-state index contributed by atoms with van der Waals surface area (Å²) >= 11 is 0. The van der Waals surface area contributed by atoms with Crippen molar-refractivity contribution >= 4 is 5.90 Å². The summed E-state index contributed by atoms with van der Waals surface area (Å²) in [6, 6.07) is 0. The van der Waals surface area contributed by atoms with Crippen molar-refractivity contribution < 1.29 is 4.74 Å². The zero-order chi connectivity index (χ0) is 6.41. The van der Waals surface area contributed by atoms with Gasteiger partial charge in [-0.1, -0.05) is 13.2 Å². The van der Waals surface area contributed by atoms with E-state index in [0.717, 1.165) is 0 Å². The minimum atomic E-state index is 0.551. The number of nitrogens with zero attached hydrogens (tertiary/aromatic N) is 1. The molecule has 0 aromatic rings. The Labute approximate surface area is 49.2 Å². The normalized spacial score (nSPS) is 10.4. The fourth-order valence-electron chi connectivity index (χ4n) is 0.280. The standard InChI is InChI=1S/C6H9NO/c1-4-7-6(3)8-5-2/h4-5H,1-2H2,3H3. The number of hydrogen-bond acceptors (Lipinski definition) is 2. The van der Waals surface area contributed by atoms with Crippen molar-refractivity contribution in [2.45, 2.75) is 6.92 Å². The lowest BCUT2D eigenvalue weighted by atomic mass is 10.7. The minimum absolute atomic E-state index is 0.551. The van der Waals surface area contributed by atoms with E-state index in [2.05, 4.69) is 18.2 Å². The Kier molecular flexibility index (Phi) is 3.58. The molecule has 0 rings (SSSR count). The van der Waals surface area contributed by atoms with Crippen LogP contribution in [0.15, 0.2) is 30.6 Å². The van der Waals surface area contributed by atoms with Gasteiger partial charge < -0.3 is 4.74 Å². The van der Waals surface area contributed by atoms with Crippen LogP contribution in [0.3, 0.4) is 0 Å². The highest BCUT2D eigenvalue weighted by atomic mass is 16.5. The predicted octanol–water partition coefficient (Wildman–Crippen LogP) is 1.71. The monoisotopic (exact) mass is 111 g/mol. The van der Waals surface area contributed by atoms with Crippen molar-refractivity contribution in [2.24, 2.45) is 4.99 Å². The van der Waals surface area contributed by atoms with Crippen LogP contribution < -0.4 is 0 Å². The highest BCUT2D eigenvalue weighted by Crippen LogP contribution is 1.80. The van der Waals surface area contributed by atoms with Crippen LogP contribution in [0.25, 0.3) is 0 Å². The van der Waals surface area contributed by atoms with Crippen LogP contribution in [0.4, 0.5) is 0 Å². The summed E-state index contributed by atoms with van der Waals surface area (Å²) in [5.41, 5.74) is 0. The van der Waals surface area contributed by atoms with Gasteiger partial charge in [0.15, 0.2) is 5.90 Å². The van der Waals surface area contributed by atoms with Gasteiger partial charge >= 0.3 is 0 Å². The third-order valence-corrected chi connectivity index (χ3v) is 0.527. The Morgan fingerprint density at radius 2 is 2.25 bits per heavy atom. The van der Waals surface area contributed by atoms with Crippen molar-refractivity contribution in [3.8, 4) is 0 Å². The van der Waals surface area contributed by atoms with Gasteiger partial charge in [0.2, 0.25) is 0 Å². The first-order valence-corrected chi connectivity index (χ1v) is 2.24. The molecule has 0 radical (unpaired) electrons. The van der Waals surface area contributed by atoms with Crippen LogP contribution in [-0.2, 0) is 4.74 Å². The molecule has 0 aliphatic heterocycles. The Morgan fingerprint density at radius 1 is 1.62 bits per heavy atom. The molecule has 0 aromatic carbocycles. The molecule has 0 amide bonds. The van der Waals surface area contributed by atoms with Crippen LogP contribution >= 0.6 is 0 Å². The molecule has 0 atom stereocenters. The summed E-state index contributed by atoms with van der Waals surface area (Å²) in [6.07, 6.45) is 2.74. The van der Waals surface area contributed by atoms with Crippen molar-refractivity contribution in [1.82, 2.24) is 0 Å². The molecule has 0 saturated carbocycles. The van der Waals surface area contributed by atoms with E-state index in [1.807, 2.05) is 0 Å². The second-order valence-electron chi connectivity index (χ2n) is 1.12. The van der Waals surface area contributed by atoms with Gasteiger partial charge in [0.25, 0.3) is 0 Å². The van der Waals surface area contributed by atoms with E-state index < -0.39 is 0 Å². The zero-order valence-electron chi connectivity index (χ0n) is 4.92. The summed E-state index contributed by atoms with van der Waals surface area (Å²) < 4.78 is 4.72. The molecule has 0 aliphatic carbocycles. The summed E-state index contributed by atoms with van der Waals surface area (Å²) in [4.78, 5) is 3.70. The largest absolute Gasteiger partial charge is 0.452 e. The van der Waals surface area contributed by atoms with E-state index >= 15 is 0 Å². The van der Waals surface area contributed by atoms with Gasteiger partial charge in [-0.25, -0.2) is 4.99 Å². The maximum atomic E-state index is 4.72. The molecule has 44 valence electrons. The second kappa shape index (κ2) is 4.12. The molecule has 0 aromatic heterocycles. The number of aliphatic imine (C=N–C) groups is 1. The van der Waals surface area contributed by atoms with Gasteiger partial charge in [0.1, 0.15) is 0 Å². The third kappa shape index (κ3) is 3.15. The average Bonchev–Trinajstić information content (AvgIpc) is 1.68. The fourth-order valence-corrected chi connectivity index (χ4v) is 0.280. The molecule has 0 fully saturated rings. The summed E-state index contributed by atoms with van der Waals surface area (Å²) in [7, 11) is 0. The lowest BCUT2D eigenvalue weighted by Gasteiger charge is -1.91.